The van der Waals surface area contributed by atoms with Gasteiger partial charge in [-0.3, -0.25) is 4.68 Å². The van der Waals surface area contributed by atoms with Gasteiger partial charge in [0.05, 0.1) is 16.8 Å². The van der Waals surface area contributed by atoms with Gasteiger partial charge in [0, 0.05) is 7.05 Å². The molecule has 0 aliphatic carbocycles. The lowest BCUT2D eigenvalue weighted by Crippen LogP contribution is -1.99. The molecule has 0 saturated heterocycles. The van der Waals surface area contributed by atoms with Crippen molar-refractivity contribution in [3.05, 3.63) is 41.1 Å². The highest BCUT2D eigenvalue weighted by Crippen LogP contribution is 2.32. The second kappa shape index (κ2) is 5.07. The second-order valence-electron chi connectivity index (χ2n) is 4.69. The average molecular weight is 353 g/mol. The summed E-state index contributed by atoms with van der Waals surface area (Å²) in [7, 11) is 1.71. The molecule has 0 fully saturated rings. The molecule has 0 N–H and O–H groups in total. The fourth-order valence-electron chi connectivity index (χ4n) is 2.20. The van der Waals surface area contributed by atoms with Crippen LogP contribution in [0.25, 0.3) is 27.1 Å². The minimum Gasteiger partial charge on any atom is -0.263 e. The first-order valence-corrected chi connectivity index (χ1v) is 7.60. The van der Waals surface area contributed by atoms with Gasteiger partial charge in [0.1, 0.15) is 5.69 Å². The van der Waals surface area contributed by atoms with Crippen LogP contribution in [0.1, 0.15) is 0 Å². The Morgan fingerprint density at radius 1 is 1.22 bits per heavy atom. The van der Waals surface area contributed by atoms with E-state index in [4.69, 9.17) is 11.6 Å². The van der Waals surface area contributed by atoms with Crippen molar-refractivity contribution < 1.29 is 8.78 Å². The number of hydrogen-bond acceptors (Lipinski definition) is 5. The predicted molar refractivity (Wildman–Crippen MR) is 81.2 cm³/mol. The summed E-state index contributed by atoms with van der Waals surface area (Å²) in [6, 6.07) is 3.94. The minimum atomic E-state index is -0.947. The predicted octanol–water partition coefficient (Wildman–Crippen LogP) is 3.18. The number of aryl methyl sites for hydroxylation is 1. The Bertz CT molecular complexity index is 1020. The Morgan fingerprint density at radius 2 is 2.04 bits per heavy atom. The Balaban J connectivity index is 1.92. The first-order chi connectivity index (χ1) is 11.1. The molecule has 0 aliphatic rings. The quantitative estimate of drug-likeness (QED) is 0.556. The number of rotatable bonds is 2. The van der Waals surface area contributed by atoms with Crippen LogP contribution in [0.3, 0.4) is 0 Å². The van der Waals surface area contributed by atoms with Gasteiger partial charge in [-0.25, -0.2) is 8.78 Å². The van der Waals surface area contributed by atoms with Gasteiger partial charge in [-0.05, 0) is 12.1 Å². The van der Waals surface area contributed by atoms with E-state index in [1.54, 1.807) is 11.7 Å². The summed E-state index contributed by atoms with van der Waals surface area (Å²) in [5.41, 5.74) is 0.610. The Kier molecular flexibility index (Phi) is 3.13. The SMILES string of the molecule is Cn1ncc(Cl)c1-c1nnc2sc(-c3cccc(F)c3F)nn12. The maximum Gasteiger partial charge on any atom is 0.235 e. The van der Waals surface area contributed by atoms with Crippen molar-refractivity contribution in [2.45, 2.75) is 0 Å². The summed E-state index contributed by atoms with van der Waals surface area (Å²) in [5.74, 6) is -1.50. The molecular weight excluding hydrogens is 346 g/mol. The van der Waals surface area contributed by atoms with Gasteiger partial charge in [-0.1, -0.05) is 29.0 Å². The molecule has 0 aliphatic heterocycles. The molecule has 0 bridgehead atoms. The zero-order valence-electron chi connectivity index (χ0n) is 11.5. The molecule has 3 heterocycles. The van der Waals surface area contributed by atoms with Crippen molar-refractivity contribution >= 4 is 27.9 Å². The fraction of sp³-hybridized carbons (Fsp3) is 0.0769. The fourth-order valence-corrected chi connectivity index (χ4v) is 3.31. The van der Waals surface area contributed by atoms with Crippen molar-refractivity contribution in [2.24, 2.45) is 7.05 Å². The maximum absolute atomic E-state index is 13.9. The molecule has 23 heavy (non-hydrogen) atoms. The number of benzene rings is 1. The maximum atomic E-state index is 13.9. The third-order valence-electron chi connectivity index (χ3n) is 3.28. The van der Waals surface area contributed by atoms with E-state index in [0.717, 1.165) is 17.4 Å². The monoisotopic (exact) mass is 352 g/mol. The van der Waals surface area contributed by atoms with Gasteiger partial charge in [0.15, 0.2) is 16.6 Å². The van der Waals surface area contributed by atoms with E-state index >= 15 is 0 Å². The Morgan fingerprint density at radius 3 is 2.78 bits per heavy atom. The molecule has 3 aromatic heterocycles. The van der Waals surface area contributed by atoms with Crippen LogP contribution in [-0.4, -0.2) is 29.6 Å². The molecule has 0 spiro atoms. The van der Waals surface area contributed by atoms with E-state index in [1.807, 2.05) is 0 Å². The number of fused-ring (bicyclic) bond motifs is 1. The average Bonchev–Trinajstić information content (AvgIpc) is 3.18. The standard InChI is InChI=1S/C13H7ClF2N6S/c1-21-10(7(14)5-17-21)11-18-19-13-22(11)20-12(23-13)6-3-2-4-8(15)9(6)16/h2-5H,1H3. The van der Waals surface area contributed by atoms with Crippen LogP contribution in [0, 0.1) is 11.6 Å². The molecule has 4 aromatic rings. The van der Waals surface area contributed by atoms with Crippen molar-refractivity contribution in [2.75, 3.05) is 0 Å². The van der Waals surface area contributed by atoms with Crippen LogP contribution in [0.4, 0.5) is 8.78 Å². The summed E-state index contributed by atoms with van der Waals surface area (Å²) >= 11 is 7.21. The smallest absolute Gasteiger partial charge is 0.235 e. The number of nitrogens with zero attached hydrogens (tertiary/aromatic N) is 6. The van der Waals surface area contributed by atoms with Gasteiger partial charge in [-0.2, -0.15) is 14.7 Å². The lowest BCUT2D eigenvalue weighted by atomic mass is 10.2. The van der Waals surface area contributed by atoms with Gasteiger partial charge in [0.2, 0.25) is 10.8 Å². The molecule has 0 radical (unpaired) electrons. The van der Waals surface area contributed by atoms with Crippen LogP contribution in [0.5, 0.6) is 0 Å². The molecule has 1 aromatic carbocycles. The van der Waals surface area contributed by atoms with Gasteiger partial charge in [-0.15, -0.1) is 10.2 Å². The molecule has 4 rings (SSSR count). The zero-order valence-corrected chi connectivity index (χ0v) is 13.1. The molecule has 0 unspecified atom stereocenters. The first kappa shape index (κ1) is 14.2. The normalized spacial score (nSPS) is 11.5. The van der Waals surface area contributed by atoms with E-state index in [0.29, 0.717) is 26.5 Å². The van der Waals surface area contributed by atoms with Crippen LogP contribution < -0.4 is 0 Å². The lowest BCUT2D eigenvalue weighted by Gasteiger charge is -2.00. The highest BCUT2D eigenvalue weighted by atomic mass is 35.5. The van der Waals surface area contributed by atoms with Crippen LogP contribution in [0.2, 0.25) is 5.02 Å². The first-order valence-electron chi connectivity index (χ1n) is 6.40. The molecular formula is C13H7ClF2N6S. The van der Waals surface area contributed by atoms with Gasteiger partial charge >= 0.3 is 0 Å². The highest BCUT2D eigenvalue weighted by molar-refractivity contribution is 7.19. The van der Waals surface area contributed by atoms with Crippen molar-refractivity contribution in [1.29, 1.82) is 0 Å². The van der Waals surface area contributed by atoms with E-state index in [-0.39, 0.29) is 5.56 Å². The van der Waals surface area contributed by atoms with E-state index in [2.05, 4.69) is 20.4 Å². The number of halogens is 3. The summed E-state index contributed by atoms with van der Waals surface area (Å²) in [6.07, 6.45) is 1.48. The number of hydrogen-bond donors (Lipinski definition) is 0. The molecule has 0 atom stereocenters. The second-order valence-corrected chi connectivity index (χ2v) is 6.05. The molecule has 0 amide bonds. The minimum absolute atomic E-state index is 0.0718. The molecule has 0 saturated carbocycles. The molecule has 116 valence electrons. The van der Waals surface area contributed by atoms with Gasteiger partial charge in [0.25, 0.3) is 0 Å². The van der Waals surface area contributed by atoms with Crippen molar-refractivity contribution in [3.8, 4) is 22.1 Å². The Labute approximate surface area is 137 Å². The summed E-state index contributed by atoms with van der Waals surface area (Å²) in [5, 5.41) is 17.1. The molecule has 6 nitrogen and oxygen atoms in total. The van der Waals surface area contributed by atoms with Crippen molar-refractivity contribution in [3.63, 3.8) is 0 Å². The van der Waals surface area contributed by atoms with Gasteiger partial charge < -0.3 is 0 Å². The van der Waals surface area contributed by atoms with E-state index in [1.165, 1.54) is 22.8 Å². The summed E-state index contributed by atoms with van der Waals surface area (Å²) in [4.78, 5) is 0.441. The largest absolute Gasteiger partial charge is 0.263 e. The van der Waals surface area contributed by atoms with E-state index in [9.17, 15) is 8.78 Å². The topological polar surface area (TPSA) is 60.9 Å². The zero-order chi connectivity index (χ0) is 16.1. The third kappa shape index (κ3) is 2.12. The van der Waals surface area contributed by atoms with Crippen molar-refractivity contribution in [1.82, 2.24) is 29.6 Å². The van der Waals surface area contributed by atoms with Crippen LogP contribution in [-0.2, 0) is 7.05 Å². The Hall–Kier alpha value is -2.39. The lowest BCUT2D eigenvalue weighted by molar-refractivity contribution is 0.511. The van der Waals surface area contributed by atoms with E-state index < -0.39 is 11.6 Å². The number of aromatic nitrogens is 6. The summed E-state index contributed by atoms with van der Waals surface area (Å²) < 4.78 is 30.3. The highest BCUT2D eigenvalue weighted by Gasteiger charge is 2.21. The molecule has 10 heteroatoms. The summed E-state index contributed by atoms with van der Waals surface area (Å²) in [6.45, 7) is 0. The third-order valence-corrected chi connectivity index (χ3v) is 4.49. The van der Waals surface area contributed by atoms with Crippen LogP contribution in [0.15, 0.2) is 24.4 Å². The van der Waals surface area contributed by atoms with Crippen LogP contribution >= 0.6 is 22.9 Å².